The van der Waals surface area contributed by atoms with Crippen LogP contribution in [0.4, 0.5) is 0 Å². The monoisotopic (exact) mass is 278 g/mol. The Morgan fingerprint density at radius 1 is 1.37 bits per heavy atom. The molecule has 3 rings (SSSR count). The lowest BCUT2D eigenvalue weighted by molar-refractivity contribution is -0.121. The predicted molar refractivity (Wildman–Crippen MR) is 77.5 cm³/mol. The van der Waals surface area contributed by atoms with Crippen molar-refractivity contribution in [2.75, 3.05) is 0 Å². The van der Waals surface area contributed by atoms with E-state index in [1.54, 1.807) is 11.3 Å². The first-order chi connectivity index (χ1) is 9.22. The predicted octanol–water partition coefficient (Wildman–Crippen LogP) is 2.87. The molecule has 1 aliphatic carbocycles. The number of rotatable bonds is 3. The normalized spacial score (nSPS) is 30.9. The molecule has 0 amide bonds. The van der Waals surface area contributed by atoms with E-state index in [4.69, 9.17) is 0 Å². The Morgan fingerprint density at radius 3 is 3.00 bits per heavy atom. The van der Waals surface area contributed by atoms with Crippen molar-refractivity contribution in [2.24, 2.45) is 5.92 Å². The fourth-order valence-electron chi connectivity index (χ4n) is 3.51. The zero-order chi connectivity index (χ0) is 13.2. The number of nitrogens with one attached hydrogen (secondary N) is 1. The maximum Gasteiger partial charge on any atom is 0.156 e. The number of piperidine rings is 1. The molecule has 1 saturated carbocycles. The molecule has 3 atom stereocenters. The van der Waals surface area contributed by atoms with Crippen molar-refractivity contribution in [2.45, 2.75) is 64.0 Å². The van der Waals surface area contributed by atoms with Crippen LogP contribution in [0.15, 0.2) is 5.38 Å². The van der Waals surface area contributed by atoms with Gasteiger partial charge in [-0.1, -0.05) is 12.8 Å². The molecule has 0 spiro atoms. The van der Waals surface area contributed by atoms with E-state index < -0.39 is 0 Å². The van der Waals surface area contributed by atoms with Gasteiger partial charge in [0, 0.05) is 17.1 Å². The lowest BCUT2D eigenvalue weighted by Crippen LogP contribution is -2.52. The van der Waals surface area contributed by atoms with Gasteiger partial charge >= 0.3 is 0 Å². The number of aromatic nitrogens is 1. The highest BCUT2D eigenvalue weighted by Crippen LogP contribution is 2.32. The van der Waals surface area contributed by atoms with Gasteiger partial charge in [-0.25, -0.2) is 4.98 Å². The zero-order valence-electron chi connectivity index (χ0n) is 11.5. The fourth-order valence-corrected chi connectivity index (χ4v) is 4.29. The van der Waals surface area contributed by atoms with Crippen molar-refractivity contribution in [3.8, 4) is 0 Å². The summed E-state index contributed by atoms with van der Waals surface area (Å²) in [5.74, 6) is 1.15. The number of nitrogens with zero attached hydrogens (tertiary/aromatic N) is 1. The first-order valence-corrected chi connectivity index (χ1v) is 8.30. The Bertz CT molecular complexity index is 457. The van der Waals surface area contributed by atoms with Crippen molar-refractivity contribution < 1.29 is 4.79 Å². The minimum atomic E-state index is 0.0727. The lowest BCUT2D eigenvalue weighted by Gasteiger charge is -2.39. The van der Waals surface area contributed by atoms with Gasteiger partial charge in [0.1, 0.15) is 5.01 Å². The van der Waals surface area contributed by atoms with E-state index in [-0.39, 0.29) is 6.04 Å². The standard InChI is InChI=1S/C15H22N2OS/c1-10-9-19-15(16-10)8-14(18)13-7-6-11-4-2-3-5-12(11)17-13/h9,11-13,17H,2-8H2,1H3. The molecule has 3 nitrogen and oxygen atoms in total. The average Bonchev–Trinajstić information content (AvgIpc) is 2.83. The molecule has 1 aliphatic heterocycles. The molecular weight excluding hydrogens is 256 g/mol. The van der Waals surface area contributed by atoms with E-state index in [9.17, 15) is 4.79 Å². The maximum atomic E-state index is 12.4. The maximum absolute atomic E-state index is 12.4. The molecule has 1 aromatic rings. The molecular formula is C15H22N2OS. The minimum absolute atomic E-state index is 0.0727. The highest BCUT2D eigenvalue weighted by atomic mass is 32.1. The summed E-state index contributed by atoms with van der Waals surface area (Å²) in [6, 6.07) is 0.665. The van der Waals surface area contributed by atoms with Crippen LogP contribution in [-0.4, -0.2) is 22.9 Å². The van der Waals surface area contributed by atoms with Crippen LogP contribution in [-0.2, 0) is 11.2 Å². The number of Topliss-reactive ketones (excluding diaryl/α,β-unsaturated/α-hetero) is 1. The van der Waals surface area contributed by atoms with E-state index >= 15 is 0 Å². The molecule has 1 N–H and O–H groups in total. The molecule has 0 bridgehead atoms. The summed E-state index contributed by atoms with van der Waals surface area (Å²) in [5.41, 5.74) is 1.02. The highest BCUT2D eigenvalue weighted by Gasteiger charge is 2.34. The smallest absolute Gasteiger partial charge is 0.156 e. The van der Waals surface area contributed by atoms with Crippen LogP contribution in [0, 0.1) is 12.8 Å². The van der Waals surface area contributed by atoms with Crippen LogP contribution in [0.2, 0.25) is 0 Å². The van der Waals surface area contributed by atoms with Gasteiger partial charge in [-0.3, -0.25) is 4.79 Å². The Labute approximate surface area is 118 Å². The third kappa shape index (κ3) is 3.06. The molecule has 2 aliphatic rings. The van der Waals surface area contributed by atoms with Gasteiger partial charge in [-0.2, -0.15) is 0 Å². The number of carbonyl (C=O) groups excluding carboxylic acids is 1. The number of carbonyl (C=O) groups is 1. The third-order valence-corrected chi connectivity index (χ3v) is 5.50. The SMILES string of the molecule is Cc1csc(CC(=O)C2CCC3CCCCC3N2)n1. The molecule has 4 heteroatoms. The van der Waals surface area contributed by atoms with E-state index in [0.29, 0.717) is 18.2 Å². The topological polar surface area (TPSA) is 42.0 Å². The molecule has 19 heavy (non-hydrogen) atoms. The summed E-state index contributed by atoms with van der Waals surface area (Å²) in [5, 5.41) is 6.60. The average molecular weight is 278 g/mol. The van der Waals surface area contributed by atoms with Crippen molar-refractivity contribution >= 4 is 17.1 Å². The third-order valence-electron chi connectivity index (χ3n) is 4.53. The second-order valence-corrected chi connectivity index (χ2v) is 6.92. The van der Waals surface area contributed by atoms with Crippen molar-refractivity contribution in [3.63, 3.8) is 0 Å². The molecule has 3 unspecified atom stereocenters. The van der Waals surface area contributed by atoms with E-state index in [1.165, 1.54) is 32.1 Å². The Kier molecular flexibility index (Phi) is 3.99. The number of fused-ring (bicyclic) bond motifs is 1. The van der Waals surface area contributed by atoms with Crippen molar-refractivity contribution in [1.29, 1.82) is 0 Å². The number of thiazole rings is 1. The second kappa shape index (κ2) is 5.71. The summed E-state index contributed by atoms with van der Waals surface area (Å²) in [7, 11) is 0. The summed E-state index contributed by atoms with van der Waals surface area (Å²) >= 11 is 1.60. The quantitative estimate of drug-likeness (QED) is 0.924. The van der Waals surface area contributed by atoms with Crippen LogP contribution >= 0.6 is 11.3 Å². The molecule has 0 aromatic carbocycles. The van der Waals surface area contributed by atoms with Crippen LogP contribution in [0.3, 0.4) is 0 Å². The molecule has 104 valence electrons. The molecule has 1 aromatic heterocycles. The van der Waals surface area contributed by atoms with Crippen molar-refractivity contribution in [1.82, 2.24) is 10.3 Å². The lowest BCUT2D eigenvalue weighted by atomic mass is 9.77. The fraction of sp³-hybridized carbons (Fsp3) is 0.733. The van der Waals surface area contributed by atoms with E-state index in [1.807, 2.05) is 12.3 Å². The van der Waals surface area contributed by atoms with Crippen LogP contribution in [0.25, 0.3) is 0 Å². The first kappa shape index (κ1) is 13.3. The van der Waals surface area contributed by atoms with E-state index in [2.05, 4.69) is 10.3 Å². The summed E-state index contributed by atoms with van der Waals surface area (Å²) in [6.07, 6.45) is 8.05. The van der Waals surface area contributed by atoms with Crippen molar-refractivity contribution in [3.05, 3.63) is 16.1 Å². The Balaban J connectivity index is 1.58. The first-order valence-electron chi connectivity index (χ1n) is 7.42. The van der Waals surface area contributed by atoms with E-state index in [0.717, 1.165) is 23.0 Å². The number of ketones is 1. The van der Waals surface area contributed by atoms with Crippen LogP contribution in [0.5, 0.6) is 0 Å². The van der Waals surface area contributed by atoms with Gasteiger partial charge in [-0.15, -0.1) is 11.3 Å². The number of hydrogen-bond donors (Lipinski definition) is 1. The second-order valence-electron chi connectivity index (χ2n) is 5.97. The molecule has 2 heterocycles. The molecule has 1 saturated heterocycles. The molecule has 2 fully saturated rings. The number of aryl methyl sites for hydroxylation is 1. The Hall–Kier alpha value is -0.740. The van der Waals surface area contributed by atoms with Gasteiger partial charge in [0.25, 0.3) is 0 Å². The summed E-state index contributed by atoms with van der Waals surface area (Å²) in [4.78, 5) is 16.8. The van der Waals surface area contributed by atoms with Crippen LogP contribution in [0.1, 0.15) is 49.2 Å². The van der Waals surface area contributed by atoms with Crippen LogP contribution < -0.4 is 5.32 Å². The summed E-state index contributed by atoms with van der Waals surface area (Å²) < 4.78 is 0. The van der Waals surface area contributed by atoms with Gasteiger partial charge in [-0.05, 0) is 38.5 Å². The van der Waals surface area contributed by atoms with Gasteiger partial charge < -0.3 is 5.32 Å². The largest absolute Gasteiger partial charge is 0.304 e. The minimum Gasteiger partial charge on any atom is -0.304 e. The van der Waals surface area contributed by atoms with Gasteiger partial charge in [0.2, 0.25) is 0 Å². The summed E-state index contributed by atoms with van der Waals surface area (Å²) in [6.45, 7) is 1.98. The highest BCUT2D eigenvalue weighted by molar-refractivity contribution is 7.09. The number of hydrogen-bond acceptors (Lipinski definition) is 4. The molecule has 0 radical (unpaired) electrons. The Morgan fingerprint density at radius 2 is 2.21 bits per heavy atom. The van der Waals surface area contributed by atoms with Gasteiger partial charge in [0.05, 0.1) is 12.5 Å². The van der Waals surface area contributed by atoms with Gasteiger partial charge in [0.15, 0.2) is 5.78 Å². The zero-order valence-corrected chi connectivity index (χ0v) is 12.3.